The lowest BCUT2D eigenvalue weighted by atomic mass is 10.3. The number of aromatic nitrogens is 1. The Kier molecular flexibility index (Phi) is 2.38. The molecule has 1 atom stereocenters. The van der Waals surface area contributed by atoms with Crippen LogP contribution in [0.4, 0.5) is 4.39 Å². The van der Waals surface area contributed by atoms with Crippen LogP contribution in [0.15, 0.2) is 18.3 Å². The molecule has 0 N–H and O–H groups in total. The number of nitrogens with zero attached hydrogens (tertiary/aromatic N) is 1. The van der Waals surface area contributed by atoms with Crippen molar-refractivity contribution < 1.29 is 4.39 Å². The lowest BCUT2D eigenvalue weighted by molar-refractivity contribution is 0.622. The highest BCUT2D eigenvalue weighted by Crippen LogP contribution is 2.18. The smallest absolute Gasteiger partial charge is 0.126 e. The molecule has 0 radical (unpaired) electrons. The number of hydrogen-bond acceptors (Lipinski definition) is 1. The molecule has 0 aliphatic rings. The molecule has 0 saturated carbocycles. The van der Waals surface area contributed by atoms with Crippen LogP contribution >= 0.6 is 15.9 Å². The maximum atomic E-state index is 12.5. The average Bonchev–Trinajstić information content (AvgIpc) is 1.88. The minimum absolute atomic E-state index is 0.114. The van der Waals surface area contributed by atoms with Crippen molar-refractivity contribution in [1.82, 2.24) is 4.98 Å². The van der Waals surface area contributed by atoms with E-state index in [0.29, 0.717) is 0 Å². The molecule has 0 spiro atoms. The summed E-state index contributed by atoms with van der Waals surface area (Å²) in [5, 5.41) is 0. The van der Waals surface area contributed by atoms with E-state index in [-0.39, 0.29) is 10.6 Å². The van der Waals surface area contributed by atoms with Gasteiger partial charge in [-0.15, -0.1) is 0 Å². The standard InChI is InChI=1S/C7H7BrFN/c1-5(8)7-4-6(9)2-3-10-7/h2-5H,1H3. The molecule has 0 fully saturated rings. The molecule has 1 heterocycles. The molecule has 54 valence electrons. The number of hydrogen-bond donors (Lipinski definition) is 0. The predicted octanol–water partition coefficient (Wildman–Crippen LogP) is 2.68. The summed E-state index contributed by atoms with van der Waals surface area (Å²) in [5.74, 6) is -0.240. The topological polar surface area (TPSA) is 12.9 Å². The molecule has 1 unspecified atom stereocenters. The second-order valence-electron chi connectivity index (χ2n) is 2.01. The molecule has 0 aliphatic heterocycles. The first-order valence-electron chi connectivity index (χ1n) is 2.95. The Morgan fingerprint density at radius 3 is 2.80 bits per heavy atom. The van der Waals surface area contributed by atoms with E-state index in [1.54, 1.807) is 0 Å². The van der Waals surface area contributed by atoms with Crippen LogP contribution in [-0.4, -0.2) is 4.98 Å². The van der Waals surface area contributed by atoms with Crippen molar-refractivity contribution in [1.29, 1.82) is 0 Å². The Morgan fingerprint density at radius 1 is 1.70 bits per heavy atom. The van der Waals surface area contributed by atoms with E-state index >= 15 is 0 Å². The minimum atomic E-state index is -0.240. The predicted molar refractivity (Wildman–Crippen MR) is 41.5 cm³/mol. The van der Waals surface area contributed by atoms with Gasteiger partial charge < -0.3 is 0 Å². The van der Waals surface area contributed by atoms with Crippen molar-refractivity contribution in [2.75, 3.05) is 0 Å². The van der Waals surface area contributed by atoms with Gasteiger partial charge in [-0.3, -0.25) is 4.98 Å². The summed E-state index contributed by atoms with van der Waals surface area (Å²) in [6.07, 6.45) is 1.46. The minimum Gasteiger partial charge on any atom is -0.260 e. The van der Waals surface area contributed by atoms with E-state index in [1.165, 1.54) is 18.3 Å². The highest BCUT2D eigenvalue weighted by atomic mass is 79.9. The van der Waals surface area contributed by atoms with Crippen molar-refractivity contribution >= 4 is 15.9 Å². The van der Waals surface area contributed by atoms with Gasteiger partial charge in [0.25, 0.3) is 0 Å². The third kappa shape index (κ3) is 1.77. The fourth-order valence-corrected chi connectivity index (χ4v) is 0.889. The molecule has 3 heteroatoms. The molecule has 1 aromatic heterocycles. The van der Waals surface area contributed by atoms with Gasteiger partial charge in [0.05, 0.1) is 10.5 Å². The summed E-state index contributed by atoms with van der Waals surface area (Å²) in [4.78, 5) is 4.07. The third-order valence-corrected chi connectivity index (χ3v) is 1.62. The maximum absolute atomic E-state index is 12.5. The SMILES string of the molecule is CC(Br)c1cc(F)ccn1. The first-order valence-corrected chi connectivity index (χ1v) is 3.87. The van der Waals surface area contributed by atoms with Crippen LogP contribution in [0.3, 0.4) is 0 Å². The van der Waals surface area contributed by atoms with E-state index in [4.69, 9.17) is 0 Å². The van der Waals surface area contributed by atoms with Crippen LogP contribution in [0.1, 0.15) is 17.4 Å². The van der Waals surface area contributed by atoms with Crippen molar-refractivity contribution in [3.8, 4) is 0 Å². The van der Waals surface area contributed by atoms with Gasteiger partial charge in [0.1, 0.15) is 5.82 Å². The fourth-order valence-electron chi connectivity index (χ4n) is 0.639. The highest BCUT2D eigenvalue weighted by Gasteiger charge is 2.01. The molecule has 0 aromatic carbocycles. The van der Waals surface area contributed by atoms with Crippen molar-refractivity contribution in [2.45, 2.75) is 11.8 Å². The van der Waals surface area contributed by atoms with Gasteiger partial charge in [-0.2, -0.15) is 0 Å². The van der Waals surface area contributed by atoms with Gasteiger partial charge in [0, 0.05) is 6.20 Å². The molecule has 0 bridgehead atoms. The molecule has 0 amide bonds. The third-order valence-electron chi connectivity index (χ3n) is 1.15. The van der Waals surface area contributed by atoms with Gasteiger partial charge in [-0.1, -0.05) is 15.9 Å². The molecule has 0 aliphatic carbocycles. The Morgan fingerprint density at radius 2 is 2.40 bits per heavy atom. The summed E-state index contributed by atoms with van der Waals surface area (Å²) >= 11 is 3.29. The zero-order chi connectivity index (χ0) is 7.56. The zero-order valence-corrected chi connectivity index (χ0v) is 7.10. The summed E-state index contributed by atoms with van der Waals surface area (Å²) < 4.78 is 12.5. The molecule has 10 heavy (non-hydrogen) atoms. The number of halogens is 2. The van der Waals surface area contributed by atoms with Crippen LogP contribution in [0.25, 0.3) is 0 Å². The fraction of sp³-hybridized carbons (Fsp3) is 0.286. The van der Waals surface area contributed by atoms with Crippen molar-refractivity contribution in [2.24, 2.45) is 0 Å². The van der Waals surface area contributed by atoms with Crippen LogP contribution in [0, 0.1) is 5.82 Å². The van der Waals surface area contributed by atoms with E-state index in [2.05, 4.69) is 20.9 Å². The Bertz CT molecular complexity index is 225. The number of alkyl halides is 1. The number of rotatable bonds is 1. The second kappa shape index (κ2) is 3.10. The van der Waals surface area contributed by atoms with Gasteiger partial charge in [0.2, 0.25) is 0 Å². The van der Waals surface area contributed by atoms with Gasteiger partial charge in [-0.05, 0) is 19.1 Å². The number of pyridine rings is 1. The lowest BCUT2D eigenvalue weighted by Crippen LogP contribution is -1.89. The second-order valence-corrected chi connectivity index (χ2v) is 3.39. The highest BCUT2D eigenvalue weighted by molar-refractivity contribution is 9.09. The maximum Gasteiger partial charge on any atom is 0.126 e. The van der Waals surface area contributed by atoms with E-state index < -0.39 is 0 Å². The van der Waals surface area contributed by atoms with Crippen LogP contribution in [-0.2, 0) is 0 Å². The molecule has 0 saturated heterocycles. The summed E-state index contributed by atoms with van der Waals surface area (Å²) in [6, 6.07) is 2.75. The van der Waals surface area contributed by atoms with Crippen molar-refractivity contribution in [3.05, 3.63) is 29.8 Å². The van der Waals surface area contributed by atoms with Crippen LogP contribution in [0.5, 0.6) is 0 Å². The van der Waals surface area contributed by atoms with Crippen LogP contribution in [0.2, 0.25) is 0 Å². The molecule has 1 aromatic rings. The normalized spacial score (nSPS) is 13.1. The first-order chi connectivity index (χ1) is 4.70. The van der Waals surface area contributed by atoms with E-state index in [0.717, 1.165) is 5.69 Å². The molecular formula is C7H7BrFN. The quantitative estimate of drug-likeness (QED) is 0.640. The Hall–Kier alpha value is -0.440. The van der Waals surface area contributed by atoms with E-state index in [9.17, 15) is 4.39 Å². The molecule has 1 nitrogen and oxygen atoms in total. The summed E-state index contributed by atoms with van der Waals surface area (Å²) in [7, 11) is 0. The van der Waals surface area contributed by atoms with E-state index in [1.807, 2.05) is 6.92 Å². The molecular weight excluding hydrogens is 197 g/mol. The van der Waals surface area contributed by atoms with Gasteiger partial charge in [-0.25, -0.2) is 4.39 Å². The summed E-state index contributed by atoms with van der Waals surface area (Å²) in [6.45, 7) is 1.90. The van der Waals surface area contributed by atoms with Gasteiger partial charge >= 0.3 is 0 Å². The first kappa shape index (κ1) is 7.66. The zero-order valence-electron chi connectivity index (χ0n) is 5.51. The summed E-state index contributed by atoms with van der Waals surface area (Å²) in [5.41, 5.74) is 0.722. The monoisotopic (exact) mass is 203 g/mol. The van der Waals surface area contributed by atoms with Gasteiger partial charge in [0.15, 0.2) is 0 Å². The lowest BCUT2D eigenvalue weighted by Gasteiger charge is -1.99. The molecule has 1 rings (SSSR count). The largest absolute Gasteiger partial charge is 0.260 e. The van der Waals surface area contributed by atoms with Crippen LogP contribution < -0.4 is 0 Å². The Balaban J connectivity index is 2.96. The average molecular weight is 204 g/mol. The van der Waals surface area contributed by atoms with Crippen molar-refractivity contribution in [3.63, 3.8) is 0 Å². The Labute approximate surface area is 67.4 Å².